The van der Waals surface area contributed by atoms with Crippen molar-refractivity contribution in [1.82, 2.24) is 20.9 Å². The lowest BCUT2D eigenvalue weighted by molar-refractivity contribution is -0.148. The molecule has 0 saturated carbocycles. The Labute approximate surface area is 192 Å². The third kappa shape index (κ3) is 7.86. The molecule has 2 saturated heterocycles. The van der Waals surface area contributed by atoms with Crippen LogP contribution in [0.1, 0.15) is 44.9 Å². The molecule has 0 aliphatic carbocycles. The summed E-state index contributed by atoms with van der Waals surface area (Å²) in [5.74, 6) is -2.83. The van der Waals surface area contributed by atoms with Gasteiger partial charge in [-0.05, 0) is 51.5 Å². The topological polar surface area (TPSA) is 212 Å². The summed E-state index contributed by atoms with van der Waals surface area (Å²) in [5, 5.41) is 27.3. The van der Waals surface area contributed by atoms with Gasteiger partial charge in [0.1, 0.15) is 18.1 Å². The number of likely N-dealkylation sites (tertiary alicyclic amines) is 1. The van der Waals surface area contributed by atoms with E-state index in [0.717, 1.165) is 6.42 Å². The molecule has 13 heteroatoms. The van der Waals surface area contributed by atoms with Crippen LogP contribution in [0.25, 0.3) is 0 Å². The molecule has 2 fully saturated rings. The molecule has 0 aromatic heterocycles. The lowest BCUT2D eigenvalue weighted by atomic mass is 9.99. The third-order valence-corrected chi connectivity index (χ3v) is 5.82. The zero-order valence-corrected chi connectivity index (χ0v) is 18.7. The van der Waals surface area contributed by atoms with Gasteiger partial charge in [-0.1, -0.05) is 0 Å². The Bertz CT molecular complexity index is 736. The zero-order chi connectivity index (χ0) is 24.4. The van der Waals surface area contributed by atoms with Gasteiger partial charge < -0.3 is 42.5 Å². The minimum absolute atomic E-state index is 0.100. The van der Waals surface area contributed by atoms with Crippen molar-refractivity contribution in [3.8, 4) is 0 Å². The number of aliphatic imine (C=N–C) groups is 1. The van der Waals surface area contributed by atoms with E-state index < -0.39 is 48.6 Å². The number of hydrogen-bond acceptors (Lipinski definition) is 7. The molecule has 0 unspecified atom stereocenters. The van der Waals surface area contributed by atoms with E-state index in [1.807, 2.05) is 0 Å². The Kier molecular flexibility index (Phi) is 10.3. The maximum atomic E-state index is 13.1. The molecule has 0 spiro atoms. The van der Waals surface area contributed by atoms with E-state index in [2.05, 4.69) is 20.9 Å². The Balaban J connectivity index is 2.01. The van der Waals surface area contributed by atoms with E-state index in [9.17, 15) is 29.4 Å². The number of hydrogen-bond donors (Lipinski definition) is 7. The summed E-state index contributed by atoms with van der Waals surface area (Å²) in [4.78, 5) is 55.1. The predicted molar refractivity (Wildman–Crippen MR) is 119 cm³/mol. The van der Waals surface area contributed by atoms with Crippen LogP contribution in [0.4, 0.5) is 0 Å². The maximum absolute atomic E-state index is 13.1. The van der Waals surface area contributed by atoms with Gasteiger partial charge >= 0.3 is 5.97 Å². The smallest absolute Gasteiger partial charge is 0.326 e. The molecule has 3 amide bonds. The Morgan fingerprint density at radius 2 is 1.79 bits per heavy atom. The monoisotopic (exact) mass is 469 g/mol. The lowest BCUT2D eigenvalue weighted by Gasteiger charge is -2.37. The molecule has 0 bridgehead atoms. The molecular formula is C20H35N7O6. The van der Waals surface area contributed by atoms with E-state index in [1.165, 1.54) is 4.90 Å². The number of aliphatic carboxylic acids is 1. The highest BCUT2D eigenvalue weighted by atomic mass is 16.4. The molecule has 0 aromatic carbocycles. The van der Waals surface area contributed by atoms with Gasteiger partial charge in [0, 0.05) is 13.1 Å². The van der Waals surface area contributed by atoms with Gasteiger partial charge in [-0.25, -0.2) is 4.79 Å². The van der Waals surface area contributed by atoms with Crippen LogP contribution in [0.3, 0.4) is 0 Å². The fraction of sp³-hybridized carbons (Fsp3) is 0.750. The molecule has 9 N–H and O–H groups in total. The van der Waals surface area contributed by atoms with Crippen LogP contribution in [0.5, 0.6) is 0 Å². The highest BCUT2D eigenvalue weighted by Crippen LogP contribution is 2.19. The second-order valence-corrected chi connectivity index (χ2v) is 8.28. The number of nitrogens with one attached hydrogen (secondary N) is 3. The number of aliphatic hydroxyl groups is 1. The number of rotatable bonds is 11. The van der Waals surface area contributed by atoms with Crippen LogP contribution in [0, 0.1) is 0 Å². The highest BCUT2D eigenvalue weighted by Gasteiger charge is 2.37. The standard InChI is InChI=1S/C20H35N7O6/c21-20(22)24-9-4-6-13(19(32)33)25-17(30)15-7-1-2-10-27(15)18(31)14(11-28)26-16(29)12-5-3-8-23-12/h12-15,23,28H,1-11H2,(H,25,30)(H,26,29)(H,32,33)(H4,21,22,24)/t12-,13-,14-,15-/m0/s1. The SMILES string of the molecule is NC(N)=NCCC[C@H](NC(=O)[C@@H]1CCCCN1C(=O)[C@H](CO)NC(=O)[C@@H]1CCCN1)C(=O)O. The molecule has 186 valence electrons. The Morgan fingerprint density at radius 3 is 2.39 bits per heavy atom. The Morgan fingerprint density at radius 1 is 1.06 bits per heavy atom. The van der Waals surface area contributed by atoms with Crippen LogP contribution >= 0.6 is 0 Å². The second-order valence-electron chi connectivity index (χ2n) is 8.28. The molecule has 0 radical (unpaired) electrons. The number of carboxylic acid groups (broad SMARTS) is 1. The van der Waals surface area contributed by atoms with E-state index in [4.69, 9.17) is 11.5 Å². The predicted octanol–water partition coefficient (Wildman–Crippen LogP) is -2.78. The third-order valence-electron chi connectivity index (χ3n) is 5.82. The highest BCUT2D eigenvalue weighted by molar-refractivity contribution is 5.94. The van der Waals surface area contributed by atoms with Crippen LogP contribution in [-0.2, 0) is 19.2 Å². The number of nitrogens with two attached hydrogens (primary N) is 2. The number of nitrogens with zero attached hydrogens (tertiary/aromatic N) is 2. The molecule has 0 aromatic rings. The number of piperidine rings is 1. The second kappa shape index (κ2) is 12.9. The summed E-state index contributed by atoms with van der Waals surface area (Å²) in [6.07, 6.45) is 3.65. The average Bonchev–Trinajstić information content (AvgIpc) is 3.33. The number of amides is 3. The van der Waals surface area contributed by atoms with Gasteiger partial charge in [-0.3, -0.25) is 19.4 Å². The minimum Gasteiger partial charge on any atom is -0.480 e. The van der Waals surface area contributed by atoms with Crippen molar-refractivity contribution in [2.45, 2.75) is 69.1 Å². The summed E-state index contributed by atoms with van der Waals surface area (Å²) in [6.45, 7) is 0.600. The van der Waals surface area contributed by atoms with Crippen LogP contribution in [0.2, 0.25) is 0 Å². The molecule has 33 heavy (non-hydrogen) atoms. The van der Waals surface area contributed by atoms with Gasteiger partial charge in [-0.15, -0.1) is 0 Å². The van der Waals surface area contributed by atoms with Crippen LogP contribution in [-0.4, -0.2) is 95.2 Å². The minimum atomic E-state index is -1.20. The lowest BCUT2D eigenvalue weighted by Crippen LogP contribution is -2.60. The number of guanidine groups is 1. The van der Waals surface area contributed by atoms with E-state index in [-0.39, 0.29) is 31.4 Å². The molecule has 13 nitrogen and oxygen atoms in total. The maximum Gasteiger partial charge on any atom is 0.326 e. The van der Waals surface area contributed by atoms with Crippen molar-refractivity contribution >= 4 is 29.7 Å². The normalized spacial score (nSPS) is 22.2. The van der Waals surface area contributed by atoms with Crippen molar-refractivity contribution in [2.75, 3.05) is 26.2 Å². The first-order chi connectivity index (χ1) is 15.7. The summed E-state index contributed by atoms with van der Waals surface area (Å²) in [7, 11) is 0. The van der Waals surface area contributed by atoms with Crippen molar-refractivity contribution in [3.05, 3.63) is 0 Å². The summed E-state index contributed by atoms with van der Waals surface area (Å²) < 4.78 is 0. The van der Waals surface area contributed by atoms with Crippen molar-refractivity contribution in [2.24, 2.45) is 16.5 Å². The van der Waals surface area contributed by atoms with Gasteiger partial charge in [0.25, 0.3) is 0 Å². The van der Waals surface area contributed by atoms with E-state index in [0.29, 0.717) is 38.6 Å². The average molecular weight is 470 g/mol. The quantitative estimate of drug-likeness (QED) is 0.0945. The number of aliphatic hydroxyl groups excluding tert-OH is 1. The van der Waals surface area contributed by atoms with E-state index in [1.54, 1.807) is 0 Å². The molecule has 2 rings (SSSR count). The molecule has 4 atom stereocenters. The van der Waals surface area contributed by atoms with Gasteiger partial charge in [0.15, 0.2) is 5.96 Å². The first-order valence-electron chi connectivity index (χ1n) is 11.3. The van der Waals surface area contributed by atoms with Gasteiger partial charge in [-0.2, -0.15) is 0 Å². The van der Waals surface area contributed by atoms with E-state index >= 15 is 0 Å². The fourth-order valence-electron chi connectivity index (χ4n) is 4.06. The van der Waals surface area contributed by atoms with Crippen molar-refractivity contribution < 1.29 is 29.4 Å². The molecule has 2 heterocycles. The largest absolute Gasteiger partial charge is 0.480 e. The van der Waals surface area contributed by atoms with Gasteiger partial charge in [0.05, 0.1) is 12.6 Å². The summed E-state index contributed by atoms with van der Waals surface area (Å²) >= 11 is 0. The van der Waals surface area contributed by atoms with Crippen LogP contribution in [0.15, 0.2) is 4.99 Å². The number of carboxylic acids is 1. The summed E-state index contributed by atoms with van der Waals surface area (Å²) in [6, 6.07) is -3.64. The first-order valence-corrected chi connectivity index (χ1v) is 11.3. The Hall–Kier alpha value is -2.93. The number of carbonyl (C=O) groups excluding carboxylic acids is 3. The van der Waals surface area contributed by atoms with Crippen LogP contribution < -0.4 is 27.4 Å². The first kappa shape index (κ1) is 26.3. The number of carbonyl (C=O) groups is 4. The molecular weight excluding hydrogens is 434 g/mol. The molecule has 2 aliphatic heterocycles. The molecule has 2 aliphatic rings. The van der Waals surface area contributed by atoms with Crippen molar-refractivity contribution in [3.63, 3.8) is 0 Å². The zero-order valence-electron chi connectivity index (χ0n) is 18.7. The summed E-state index contributed by atoms with van der Waals surface area (Å²) in [5.41, 5.74) is 10.5. The van der Waals surface area contributed by atoms with Crippen molar-refractivity contribution in [1.29, 1.82) is 0 Å². The van der Waals surface area contributed by atoms with Gasteiger partial charge in [0.2, 0.25) is 17.7 Å². The fourth-order valence-corrected chi connectivity index (χ4v) is 4.06.